The van der Waals surface area contributed by atoms with Crippen LogP contribution in [0.2, 0.25) is 0 Å². The van der Waals surface area contributed by atoms with Crippen molar-refractivity contribution in [3.63, 3.8) is 0 Å². The molecule has 21 heavy (non-hydrogen) atoms. The summed E-state index contributed by atoms with van der Waals surface area (Å²) in [6.07, 6.45) is 0.766. The van der Waals surface area contributed by atoms with Gasteiger partial charge in [-0.05, 0) is 56.0 Å². The molecule has 0 aliphatic heterocycles. The van der Waals surface area contributed by atoms with Gasteiger partial charge in [-0.3, -0.25) is 4.79 Å². The number of benzene rings is 2. The van der Waals surface area contributed by atoms with E-state index >= 15 is 0 Å². The summed E-state index contributed by atoms with van der Waals surface area (Å²) in [6, 6.07) is 9.67. The lowest BCUT2D eigenvalue weighted by molar-refractivity contribution is 0.112. The fourth-order valence-electron chi connectivity index (χ4n) is 1.90. The molecule has 0 radical (unpaired) electrons. The molecule has 2 aromatic carbocycles. The van der Waals surface area contributed by atoms with Crippen molar-refractivity contribution in [3.8, 4) is 11.5 Å². The van der Waals surface area contributed by atoms with E-state index < -0.39 is 0 Å². The average Bonchev–Trinajstić information content (AvgIpc) is 2.50. The van der Waals surface area contributed by atoms with E-state index in [1.807, 2.05) is 31.2 Å². The number of halogens is 2. The summed E-state index contributed by atoms with van der Waals surface area (Å²) in [5.74, 6) is 1.08. The SMILES string of the molecule is COc1cc(C=O)c(Br)c(Br)c1OCc1ccccc1C. The smallest absolute Gasteiger partial charge is 0.177 e. The Hall–Kier alpha value is -1.33. The van der Waals surface area contributed by atoms with Gasteiger partial charge in [0.05, 0.1) is 11.6 Å². The molecule has 0 aliphatic carbocycles. The highest BCUT2D eigenvalue weighted by molar-refractivity contribution is 9.13. The Labute approximate surface area is 140 Å². The van der Waals surface area contributed by atoms with Gasteiger partial charge in [0.15, 0.2) is 17.8 Å². The van der Waals surface area contributed by atoms with Crippen molar-refractivity contribution in [2.75, 3.05) is 7.11 Å². The molecule has 3 nitrogen and oxygen atoms in total. The summed E-state index contributed by atoms with van der Waals surface area (Å²) in [5, 5.41) is 0. The molecule has 0 amide bonds. The molecule has 2 rings (SSSR count). The topological polar surface area (TPSA) is 35.5 Å². The predicted octanol–water partition coefficient (Wildman–Crippen LogP) is 4.92. The van der Waals surface area contributed by atoms with E-state index in [0.717, 1.165) is 17.4 Å². The van der Waals surface area contributed by atoms with Gasteiger partial charge >= 0.3 is 0 Å². The zero-order chi connectivity index (χ0) is 15.4. The Morgan fingerprint density at radius 1 is 1.19 bits per heavy atom. The van der Waals surface area contributed by atoms with Crippen LogP contribution >= 0.6 is 31.9 Å². The minimum absolute atomic E-state index is 0.425. The van der Waals surface area contributed by atoms with Gasteiger partial charge in [-0.25, -0.2) is 0 Å². The Bertz CT molecular complexity index is 669. The van der Waals surface area contributed by atoms with Gasteiger partial charge in [0.25, 0.3) is 0 Å². The maximum atomic E-state index is 11.0. The van der Waals surface area contributed by atoms with Gasteiger partial charge in [0.1, 0.15) is 6.61 Å². The molecule has 0 N–H and O–H groups in total. The summed E-state index contributed by atoms with van der Waals surface area (Å²) >= 11 is 6.83. The standard InChI is InChI=1S/C16H14Br2O3/c1-10-5-3-4-6-11(10)9-21-16-13(20-2)7-12(8-19)14(17)15(16)18/h3-8H,9H2,1-2H3. The maximum Gasteiger partial charge on any atom is 0.177 e. The van der Waals surface area contributed by atoms with E-state index in [1.54, 1.807) is 13.2 Å². The van der Waals surface area contributed by atoms with Crippen LogP contribution in [0, 0.1) is 6.92 Å². The number of carbonyl (C=O) groups excluding carboxylic acids is 1. The Balaban J connectivity index is 2.34. The van der Waals surface area contributed by atoms with E-state index in [1.165, 1.54) is 0 Å². The second kappa shape index (κ2) is 7.09. The Kier molecular flexibility index (Phi) is 5.42. The van der Waals surface area contributed by atoms with Gasteiger partial charge < -0.3 is 9.47 Å². The predicted molar refractivity (Wildman–Crippen MR) is 89.3 cm³/mol. The fourth-order valence-corrected chi connectivity index (χ4v) is 2.83. The highest BCUT2D eigenvalue weighted by atomic mass is 79.9. The van der Waals surface area contributed by atoms with Crippen molar-refractivity contribution < 1.29 is 14.3 Å². The highest BCUT2D eigenvalue weighted by Gasteiger charge is 2.17. The van der Waals surface area contributed by atoms with Crippen LogP contribution in [-0.4, -0.2) is 13.4 Å². The molecule has 0 atom stereocenters. The van der Waals surface area contributed by atoms with Crippen LogP contribution in [0.5, 0.6) is 11.5 Å². The first kappa shape index (κ1) is 16.0. The molecule has 0 aromatic heterocycles. The number of hydrogen-bond donors (Lipinski definition) is 0. The quantitative estimate of drug-likeness (QED) is 0.652. The lowest BCUT2D eigenvalue weighted by atomic mass is 10.1. The molecule has 0 fully saturated rings. The number of methoxy groups -OCH3 is 1. The number of rotatable bonds is 5. The summed E-state index contributed by atoms with van der Waals surface area (Å²) in [5.41, 5.74) is 2.76. The molecule has 0 saturated heterocycles. The van der Waals surface area contributed by atoms with Crippen LogP contribution in [0.25, 0.3) is 0 Å². The lowest BCUT2D eigenvalue weighted by Crippen LogP contribution is -2.01. The lowest BCUT2D eigenvalue weighted by Gasteiger charge is -2.15. The van der Waals surface area contributed by atoms with E-state index in [4.69, 9.17) is 9.47 Å². The molecule has 0 heterocycles. The van der Waals surface area contributed by atoms with Gasteiger partial charge in [-0.15, -0.1) is 0 Å². The molecule has 2 aromatic rings. The minimum atomic E-state index is 0.425. The highest BCUT2D eigenvalue weighted by Crippen LogP contribution is 2.42. The van der Waals surface area contributed by atoms with Crippen molar-refractivity contribution in [1.29, 1.82) is 0 Å². The zero-order valence-electron chi connectivity index (χ0n) is 11.7. The summed E-state index contributed by atoms with van der Waals surface area (Å²) in [4.78, 5) is 11.0. The molecule has 0 bridgehead atoms. The summed E-state index contributed by atoms with van der Waals surface area (Å²) in [6.45, 7) is 2.46. The van der Waals surface area contributed by atoms with Gasteiger partial charge in [0.2, 0.25) is 0 Å². The number of hydrogen-bond acceptors (Lipinski definition) is 3. The van der Waals surface area contributed by atoms with Crippen LogP contribution < -0.4 is 9.47 Å². The fraction of sp³-hybridized carbons (Fsp3) is 0.188. The first-order chi connectivity index (χ1) is 10.1. The number of carbonyl (C=O) groups is 1. The number of aryl methyl sites for hydroxylation is 1. The molecule has 0 aliphatic rings. The third-order valence-electron chi connectivity index (χ3n) is 3.14. The van der Waals surface area contributed by atoms with Gasteiger partial charge in [-0.2, -0.15) is 0 Å². The van der Waals surface area contributed by atoms with Crippen LogP contribution in [0.1, 0.15) is 21.5 Å². The molecular weight excluding hydrogens is 400 g/mol. The van der Waals surface area contributed by atoms with Gasteiger partial charge in [0, 0.05) is 10.0 Å². The third kappa shape index (κ3) is 3.47. The van der Waals surface area contributed by atoms with Crippen LogP contribution in [0.4, 0.5) is 0 Å². The van der Waals surface area contributed by atoms with Crippen molar-refractivity contribution in [1.82, 2.24) is 0 Å². The molecular formula is C16H14Br2O3. The van der Waals surface area contributed by atoms with E-state index in [0.29, 0.717) is 32.6 Å². The number of aldehydes is 1. The van der Waals surface area contributed by atoms with Gasteiger partial charge in [-0.1, -0.05) is 24.3 Å². The Morgan fingerprint density at radius 2 is 1.90 bits per heavy atom. The number of ether oxygens (including phenoxy) is 2. The second-order valence-electron chi connectivity index (χ2n) is 4.46. The summed E-state index contributed by atoms with van der Waals surface area (Å²) < 4.78 is 12.5. The van der Waals surface area contributed by atoms with Crippen molar-refractivity contribution in [3.05, 3.63) is 56.0 Å². The minimum Gasteiger partial charge on any atom is -0.493 e. The normalized spacial score (nSPS) is 10.3. The van der Waals surface area contributed by atoms with Crippen molar-refractivity contribution >= 4 is 38.1 Å². The van der Waals surface area contributed by atoms with Crippen LogP contribution in [0.15, 0.2) is 39.3 Å². The van der Waals surface area contributed by atoms with Crippen molar-refractivity contribution in [2.45, 2.75) is 13.5 Å². The Morgan fingerprint density at radius 3 is 2.52 bits per heavy atom. The molecule has 0 unspecified atom stereocenters. The third-order valence-corrected chi connectivity index (χ3v) is 5.28. The monoisotopic (exact) mass is 412 g/mol. The van der Waals surface area contributed by atoms with Crippen LogP contribution in [-0.2, 0) is 6.61 Å². The summed E-state index contributed by atoms with van der Waals surface area (Å²) in [7, 11) is 1.55. The first-order valence-electron chi connectivity index (χ1n) is 6.27. The van der Waals surface area contributed by atoms with E-state index in [-0.39, 0.29) is 0 Å². The maximum absolute atomic E-state index is 11.0. The molecule has 0 saturated carbocycles. The largest absolute Gasteiger partial charge is 0.493 e. The molecule has 5 heteroatoms. The van der Waals surface area contributed by atoms with E-state index in [9.17, 15) is 4.79 Å². The molecule has 110 valence electrons. The van der Waals surface area contributed by atoms with E-state index in [2.05, 4.69) is 31.9 Å². The second-order valence-corrected chi connectivity index (χ2v) is 6.04. The molecule has 0 spiro atoms. The van der Waals surface area contributed by atoms with Crippen molar-refractivity contribution in [2.24, 2.45) is 0 Å². The average molecular weight is 414 g/mol. The first-order valence-corrected chi connectivity index (χ1v) is 7.85. The van der Waals surface area contributed by atoms with Crippen LogP contribution in [0.3, 0.4) is 0 Å². The zero-order valence-corrected chi connectivity index (χ0v) is 14.8.